The number of hydrogen-bond donors (Lipinski definition) is 2. The van der Waals surface area contributed by atoms with E-state index in [-0.39, 0.29) is 16.3 Å². The van der Waals surface area contributed by atoms with Gasteiger partial charge in [0.25, 0.3) is 10.0 Å². The summed E-state index contributed by atoms with van der Waals surface area (Å²) < 4.78 is 45.2. The van der Waals surface area contributed by atoms with Gasteiger partial charge in [0.15, 0.2) is 11.6 Å². The fourth-order valence-electron chi connectivity index (χ4n) is 1.73. The highest BCUT2D eigenvalue weighted by Crippen LogP contribution is 2.25. The number of benzene rings is 1. The van der Waals surface area contributed by atoms with Crippen LogP contribution in [0.1, 0.15) is 0 Å². The van der Waals surface area contributed by atoms with E-state index >= 15 is 0 Å². The molecule has 0 amide bonds. The quantitative estimate of drug-likeness (QED) is 0.883. The first-order valence-electron chi connectivity index (χ1n) is 5.96. The predicted octanol–water partition coefficient (Wildman–Crippen LogP) is 2.07. The van der Waals surface area contributed by atoms with Crippen LogP contribution in [0, 0.1) is 5.82 Å². The molecule has 0 aliphatic rings. The minimum atomic E-state index is -3.85. The predicted molar refractivity (Wildman–Crippen MR) is 77.5 cm³/mol. The zero-order chi connectivity index (χ0) is 15.5. The summed E-state index contributed by atoms with van der Waals surface area (Å²) in [5, 5.41) is 2.78. The van der Waals surface area contributed by atoms with Crippen molar-refractivity contribution in [2.75, 3.05) is 24.2 Å². The van der Waals surface area contributed by atoms with Crippen LogP contribution in [0.15, 0.2) is 41.6 Å². The zero-order valence-electron chi connectivity index (χ0n) is 11.4. The molecule has 0 saturated carbocycles. The lowest BCUT2D eigenvalue weighted by Crippen LogP contribution is -2.15. The molecule has 0 aliphatic heterocycles. The molecule has 112 valence electrons. The SMILES string of the molecule is CNc1ccncc1S(=O)(=O)Nc1ccc(F)c(OC)c1. The normalized spacial score (nSPS) is 11.0. The maximum atomic E-state index is 13.3. The number of ether oxygens (including phenoxy) is 1. The smallest absolute Gasteiger partial charge is 0.265 e. The molecule has 0 fully saturated rings. The van der Waals surface area contributed by atoms with Gasteiger partial charge in [0.1, 0.15) is 4.90 Å². The van der Waals surface area contributed by atoms with Crippen LogP contribution in [0.25, 0.3) is 0 Å². The summed E-state index contributed by atoms with van der Waals surface area (Å²) in [6.07, 6.45) is 2.71. The van der Waals surface area contributed by atoms with Crippen molar-refractivity contribution in [3.8, 4) is 5.75 Å². The molecule has 0 aliphatic carbocycles. The first-order valence-corrected chi connectivity index (χ1v) is 7.44. The van der Waals surface area contributed by atoms with Crippen LogP contribution in [0.4, 0.5) is 15.8 Å². The maximum absolute atomic E-state index is 13.3. The van der Waals surface area contributed by atoms with Gasteiger partial charge in [-0.05, 0) is 18.2 Å². The summed E-state index contributed by atoms with van der Waals surface area (Å²) in [5.41, 5.74) is 0.603. The first-order chi connectivity index (χ1) is 9.97. The van der Waals surface area contributed by atoms with Crippen LogP contribution < -0.4 is 14.8 Å². The second-order valence-corrected chi connectivity index (χ2v) is 5.73. The van der Waals surface area contributed by atoms with Crippen LogP contribution in [0.3, 0.4) is 0 Å². The van der Waals surface area contributed by atoms with E-state index in [0.29, 0.717) is 5.69 Å². The Balaban J connectivity index is 2.37. The van der Waals surface area contributed by atoms with Gasteiger partial charge in [0, 0.05) is 25.5 Å². The van der Waals surface area contributed by atoms with Gasteiger partial charge in [-0.2, -0.15) is 0 Å². The molecular formula is C13H14FN3O3S. The number of nitrogens with zero attached hydrogens (tertiary/aromatic N) is 1. The van der Waals surface area contributed by atoms with E-state index in [1.165, 1.54) is 31.6 Å². The molecule has 0 unspecified atom stereocenters. The number of sulfonamides is 1. The van der Waals surface area contributed by atoms with E-state index in [4.69, 9.17) is 4.74 Å². The summed E-state index contributed by atoms with van der Waals surface area (Å²) in [5.74, 6) is -0.618. The Labute approximate surface area is 122 Å². The summed E-state index contributed by atoms with van der Waals surface area (Å²) in [4.78, 5) is 3.80. The fraction of sp³-hybridized carbons (Fsp3) is 0.154. The molecule has 0 spiro atoms. The average molecular weight is 311 g/mol. The van der Waals surface area contributed by atoms with Gasteiger partial charge in [-0.3, -0.25) is 9.71 Å². The van der Waals surface area contributed by atoms with Gasteiger partial charge in [-0.15, -0.1) is 0 Å². The third-order valence-corrected chi connectivity index (χ3v) is 4.16. The largest absolute Gasteiger partial charge is 0.494 e. The highest BCUT2D eigenvalue weighted by atomic mass is 32.2. The minimum Gasteiger partial charge on any atom is -0.494 e. The van der Waals surface area contributed by atoms with E-state index in [2.05, 4.69) is 15.0 Å². The number of nitrogens with one attached hydrogen (secondary N) is 2. The molecule has 2 rings (SSSR count). The van der Waals surface area contributed by atoms with Gasteiger partial charge in [-0.25, -0.2) is 12.8 Å². The maximum Gasteiger partial charge on any atom is 0.265 e. The van der Waals surface area contributed by atoms with Crippen molar-refractivity contribution in [3.05, 3.63) is 42.5 Å². The minimum absolute atomic E-state index is 0.00390. The molecule has 8 heteroatoms. The first kappa shape index (κ1) is 15.0. The highest BCUT2D eigenvalue weighted by Gasteiger charge is 2.19. The van der Waals surface area contributed by atoms with Crippen molar-refractivity contribution < 1.29 is 17.5 Å². The third kappa shape index (κ3) is 3.22. The van der Waals surface area contributed by atoms with E-state index in [1.807, 2.05) is 0 Å². The molecule has 2 N–H and O–H groups in total. The lowest BCUT2D eigenvalue weighted by molar-refractivity contribution is 0.387. The second-order valence-electron chi connectivity index (χ2n) is 4.08. The Morgan fingerprint density at radius 2 is 2.05 bits per heavy atom. The molecule has 21 heavy (non-hydrogen) atoms. The van der Waals surface area contributed by atoms with E-state index < -0.39 is 15.8 Å². The number of methoxy groups -OCH3 is 1. The Morgan fingerprint density at radius 3 is 2.71 bits per heavy atom. The average Bonchev–Trinajstić information content (AvgIpc) is 2.49. The molecule has 2 aromatic rings. The van der Waals surface area contributed by atoms with Gasteiger partial charge in [0.2, 0.25) is 0 Å². The molecule has 0 saturated heterocycles. The van der Waals surface area contributed by atoms with Crippen LogP contribution in [0.2, 0.25) is 0 Å². The molecule has 1 heterocycles. The van der Waals surface area contributed by atoms with Crippen LogP contribution in [-0.4, -0.2) is 27.6 Å². The Morgan fingerprint density at radius 1 is 1.29 bits per heavy atom. The highest BCUT2D eigenvalue weighted by molar-refractivity contribution is 7.92. The second kappa shape index (κ2) is 5.96. The Hall–Kier alpha value is -2.35. The van der Waals surface area contributed by atoms with Crippen LogP contribution in [-0.2, 0) is 10.0 Å². The molecule has 1 aromatic carbocycles. The molecule has 1 aromatic heterocycles. The topological polar surface area (TPSA) is 80.3 Å². The van der Waals surface area contributed by atoms with Crippen molar-refractivity contribution in [2.24, 2.45) is 0 Å². The van der Waals surface area contributed by atoms with Gasteiger partial charge >= 0.3 is 0 Å². The van der Waals surface area contributed by atoms with E-state index in [0.717, 1.165) is 6.07 Å². The van der Waals surface area contributed by atoms with Crippen molar-refractivity contribution in [1.29, 1.82) is 0 Å². The van der Waals surface area contributed by atoms with Crippen molar-refractivity contribution in [2.45, 2.75) is 4.90 Å². The van der Waals surface area contributed by atoms with Crippen molar-refractivity contribution in [3.63, 3.8) is 0 Å². The Kier molecular flexibility index (Phi) is 4.27. The number of halogens is 1. The van der Waals surface area contributed by atoms with Crippen LogP contribution >= 0.6 is 0 Å². The number of hydrogen-bond acceptors (Lipinski definition) is 5. The number of rotatable bonds is 5. The van der Waals surface area contributed by atoms with Gasteiger partial charge < -0.3 is 10.1 Å². The standard InChI is InChI=1S/C13H14FN3O3S/c1-15-11-5-6-16-8-13(11)21(18,19)17-9-3-4-10(14)12(7-9)20-2/h3-8,17H,1-2H3,(H,15,16). The molecular weight excluding hydrogens is 297 g/mol. The molecule has 0 bridgehead atoms. The lowest BCUT2D eigenvalue weighted by Gasteiger charge is -2.12. The van der Waals surface area contributed by atoms with Gasteiger partial charge in [0.05, 0.1) is 18.5 Å². The zero-order valence-corrected chi connectivity index (χ0v) is 12.2. The third-order valence-electron chi connectivity index (χ3n) is 2.75. The van der Waals surface area contributed by atoms with Crippen LogP contribution in [0.5, 0.6) is 5.75 Å². The molecule has 6 nitrogen and oxygen atoms in total. The summed E-state index contributed by atoms with van der Waals surface area (Å²) in [6, 6.07) is 5.24. The monoisotopic (exact) mass is 311 g/mol. The number of anilines is 2. The summed E-state index contributed by atoms with van der Waals surface area (Å²) in [6.45, 7) is 0. The van der Waals surface area contributed by atoms with Crippen molar-refractivity contribution >= 4 is 21.4 Å². The molecule has 0 radical (unpaired) electrons. The summed E-state index contributed by atoms with van der Waals surface area (Å²) >= 11 is 0. The van der Waals surface area contributed by atoms with E-state index in [1.54, 1.807) is 13.1 Å². The molecule has 0 atom stereocenters. The lowest BCUT2D eigenvalue weighted by atomic mass is 10.3. The summed E-state index contributed by atoms with van der Waals surface area (Å²) in [7, 11) is -0.938. The Bertz CT molecular complexity index is 750. The number of pyridine rings is 1. The van der Waals surface area contributed by atoms with Crippen molar-refractivity contribution in [1.82, 2.24) is 4.98 Å². The van der Waals surface area contributed by atoms with E-state index in [9.17, 15) is 12.8 Å². The number of aromatic nitrogens is 1. The fourth-order valence-corrected chi connectivity index (χ4v) is 2.94. The van der Waals surface area contributed by atoms with Gasteiger partial charge in [-0.1, -0.05) is 0 Å².